The molecule has 0 saturated heterocycles. The summed E-state index contributed by atoms with van der Waals surface area (Å²) in [5.41, 5.74) is 3.42. The standard InChI is InChI=1S/C20H20N4OS/c1-3-16(19(25)21-2)26-20-22-17(14-10-6-4-7-11-14)18(23-24-20)15-12-8-5-9-13-15/h4-13,16H,3H2,1-2H3,(H,21,25). The number of nitrogens with one attached hydrogen (secondary N) is 1. The molecular weight excluding hydrogens is 344 g/mol. The molecule has 0 aliphatic carbocycles. The van der Waals surface area contributed by atoms with E-state index in [1.54, 1.807) is 7.05 Å². The quantitative estimate of drug-likeness (QED) is 0.674. The first kappa shape index (κ1) is 18.1. The van der Waals surface area contributed by atoms with Crippen LogP contribution < -0.4 is 5.32 Å². The van der Waals surface area contributed by atoms with Gasteiger partial charge >= 0.3 is 0 Å². The van der Waals surface area contributed by atoms with Crippen molar-refractivity contribution in [3.05, 3.63) is 60.7 Å². The van der Waals surface area contributed by atoms with Gasteiger partial charge in [0.15, 0.2) is 0 Å². The van der Waals surface area contributed by atoms with E-state index in [0.29, 0.717) is 11.6 Å². The lowest BCUT2D eigenvalue weighted by atomic mass is 10.0. The van der Waals surface area contributed by atoms with Crippen molar-refractivity contribution in [2.24, 2.45) is 0 Å². The molecule has 1 amide bonds. The highest BCUT2D eigenvalue weighted by molar-refractivity contribution is 8.00. The van der Waals surface area contributed by atoms with E-state index >= 15 is 0 Å². The summed E-state index contributed by atoms with van der Waals surface area (Å²) < 4.78 is 0. The van der Waals surface area contributed by atoms with E-state index < -0.39 is 0 Å². The van der Waals surface area contributed by atoms with Gasteiger partial charge in [-0.05, 0) is 6.42 Å². The van der Waals surface area contributed by atoms with Crippen LogP contribution in [0.25, 0.3) is 22.5 Å². The van der Waals surface area contributed by atoms with E-state index in [1.807, 2.05) is 67.6 Å². The number of carbonyl (C=O) groups is 1. The third-order valence-electron chi connectivity index (χ3n) is 3.92. The molecule has 0 spiro atoms. The Morgan fingerprint density at radius 2 is 1.54 bits per heavy atom. The van der Waals surface area contributed by atoms with Gasteiger partial charge in [-0.3, -0.25) is 4.79 Å². The van der Waals surface area contributed by atoms with Crippen LogP contribution in [0.3, 0.4) is 0 Å². The molecule has 26 heavy (non-hydrogen) atoms. The van der Waals surface area contributed by atoms with Gasteiger partial charge in [0, 0.05) is 18.2 Å². The molecule has 3 rings (SSSR count). The summed E-state index contributed by atoms with van der Waals surface area (Å²) in [7, 11) is 1.64. The van der Waals surface area contributed by atoms with Gasteiger partial charge in [0.1, 0.15) is 11.4 Å². The average Bonchev–Trinajstić information content (AvgIpc) is 2.72. The van der Waals surface area contributed by atoms with E-state index in [1.165, 1.54) is 11.8 Å². The Balaban J connectivity index is 2.04. The fourth-order valence-electron chi connectivity index (χ4n) is 2.56. The van der Waals surface area contributed by atoms with Crippen molar-refractivity contribution in [1.82, 2.24) is 20.5 Å². The minimum absolute atomic E-state index is 0.0329. The summed E-state index contributed by atoms with van der Waals surface area (Å²) in [5, 5.41) is 11.6. The zero-order valence-corrected chi connectivity index (χ0v) is 15.5. The summed E-state index contributed by atoms with van der Waals surface area (Å²) in [5.74, 6) is -0.0329. The number of amides is 1. The number of nitrogens with zero attached hydrogens (tertiary/aromatic N) is 3. The molecule has 0 fully saturated rings. The molecule has 0 saturated carbocycles. The van der Waals surface area contributed by atoms with Crippen molar-refractivity contribution in [1.29, 1.82) is 0 Å². The lowest BCUT2D eigenvalue weighted by molar-refractivity contribution is -0.120. The van der Waals surface area contributed by atoms with E-state index in [0.717, 1.165) is 22.5 Å². The number of rotatable bonds is 6. The fourth-order valence-corrected chi connectivity index (χ4v) is 3.44. The molecule has 5 nitrogen and oxygen atoms in total. The normalized spacial score (nSPS) is 11.8. The van der Waals surface area contributed by atoms with Crippen molar-refractivity contribution in [2.45, 2.75) is 23.8 Å². The lowest BCUT2D eigenvalue weighted by Crippen LogP contribution is -2.29. The molecule has 0 bridgehead atoms. The Labute approximate surface area is 157 Å². The Morgan fingerprint density at radius 1 is 0.962 bits per heavy atom. The summed E-state index contributed by atoms with van der Waals surface area (Å²) in [6.45, 7) is 1.97. The minimum atomic E-state index is -0.243. The number of carbonyl (C=O) groups excluding carboxylic acids is 1. The van der Waals surface area contributed by atoms with Gasteiger partial charge in [0.2, 0.25) is 11.1 Å². The fraction of sp³-hybridized carbons (Fsp3) is 0.200. The Morgan fingerprint density at radius 3 is 2.08 bits per heavy atom. The maximum atomic E-state index is 12.0. The maximum Gasteiger partial charge on any atom is 0.233 e. The number of thioether (sulfide) groups is 1. The minimum Gasteiger partial charge on any atom is -0.358 e. The first-order chi connectivity index (χ1) is 12.7. The second kappa shape index (κ2) is 8.58. The predicted octanol–water partition coefficient (Wildman–Crippen LogP) is 3.82. The van der Waals surface area contributed by atoms with Crippen LogP contribution in [0.15, 0.2) is 65.8 Å². The van der Waals surface area contributed by atoms with Gasteiger partial charge in [-0.15, -0.1) is 10.2 Å². The number of hydrogen-bond acceptors (Lipinski definition) is 5. The number of hydrogen-bond donors (Lipinski definition) is 1. The smallest absolute Gasteiger partial charge is 0.233 e. The molecule has 132 valence electrons. The van der Waals surface area contributed by atoms with Gasteiger partial charge in [-0.2, -0.15) is 0 Å². The van der Waals surface area contributed by atoms with Crippen LogP contribution in [0.5, 0.6) is 0 Å². The van der Waals surface area contributed by atoms with Crippen LogP contribution in [0, 0.1) is 0 Å². The third kappa shape index (κ3) is 4.08. The molecule has 1 aromatic heterocycles. The second-order valence-corrected chi connectivity index (χ2v) is 6.82. The van der Waals surface area contributed by atoms with Crippen molar-refractivity contribution < 1.29 is 4.79 Å². The largest absolute Gasteiger partial charge is 0.358 e. The highest BCUT2D eigenvalue weighted by Crippen LogP contribution is 2.31. The molecule has 0 aliphatic heterocycles. The summed E-state index contributed by atoms with van der Waals surface area (Å²) in [4.78, 5) is 16.7. The van der Waals surface area contributed by atoms with Crippen LogP contribution >= 0.6 is 11.8 Å². The SMILES string of the molecule is CCC(Sc1nnc(-c2ccccc2)c(-c2ccccc2)n1)C(=O)NC. The van der Waals surface area contributed by atoms with Crippen molar-refractivity contribution in [3.8, 4) is 22.5 Å². The molecular formula is C20H20N4OS. The Kier molecular flexibility index (Phi) is 5.96. The van der Waals surface area contributed by atoms with Crippen molar-refractivity contribution in [2.75, 3.05) is 7.05 Å². The number of aromatic nitrogens is 3. The first-order valence-corrected chi connectivity index (χ1v) is 9.34. The molecule has 1 atom stereocenters. The van der Waals surface area contributed by atoms with Crippen LogP contribution in [-0.2, 0) is 4.79 Å². The monoisotopic (exact) mass is 364 g/mol. The molecule has 0 radical (unpaired) electrons. The van der Waals surface area contributed by atoms with Crippen molar-refractivity contribution in [3.63, 3.8) is 0 Å². The molecule has 1 N–H and O–H groups in total. The lowest BCUT2D eigenvalue weighted by Gasteiger charge is -2.13. The number of benzene rings is 2. The predicted molar refractivity (Wildman–Crippen MR) is 105 cm³/mol. The van der Waals surface area contributed by atoms with Crippen LogP contribution in [0.4, 0.5) is 0 Å². The van der Waals surface area contributed by atoms with Crippen LogP contribution in [0.2, 0.25) is 0 Å². The van der Waals surface area contributed by atoms with E-state index in [-0.39, 0.29) is 11.2 Å². The van der Waals surface area contributed by atoms with E-state index in [2.05, 4.69) is 15.5 Å². The van der Waals surface area contributed by atoms with Crippen LogP contribution in [0.1, 0.15) is 13.3 Å². The topological polar surface area (TPSA) is 67.8 Å². The highest BCUT2D eigenvalue weighted by atomic mass is 32.2. The second-order valence-electron chi connectivity index (χ2n) is 5.65. The highest BCUT2D eigenvalue weighted by Gasteiger charge is 2.20. The zero-order valence-electron chi connectivity index (χ0n) is 14.7. The molecule has 2 aromatic carbocycles. The molecule has 1 heterocycles. The summed E-state index contributed by atoms with van der Waals surface area (Å²) >= 11 is 1.34. The third-order valence-corrected chi connectivity index (χ3v) is 5.13. The van der Waals surface area contributed by atoms with E-state index in [9.17, 15) is 4.79 Å². The van der Waals surface area contributed by atoms with Gasteiger partial charge in [-0.25, -0.2) is 4.98 Å². The Hall–Kier alpha value is -2.73. The maximum absolute atomic E-state index is 12.0. The zero-order chi connectivity index (χ0) is 18.4. The Bertz CT molecular complexity index is 871. The molecule has 0 aliphatic rings. The summed E-state index contributed by atoms with van der Waals surface area (Å²) in [6, 6.07) is 19.8. The van der Waals surface area contributed by atoms with Gasteiger partial charge in [0.05, 0.1) is 5.25 Å². The summed E-state index contributed by atoms with van der Waals surface area (Å²) in [6.07, 6.45) is 0.689. The molecule has 1 unspecified atom stereocenters. The first-order valence-electron chi connectivity index (χ1n) is 8.46. The van der Waals surface area contributed by atoms with Crippen molar-refractivity contribution >= 4 is 17.7 Å². The molecule has 3 aromatic rings. The molecule has 6 heteroatoms. The van der Waals surface area contributed by atoms with Crippen LogP contribution in [-0.4, -0.2) is 33.4 Å². The van der Waals surface area contributed by atoms with Gasteiger partial charge in [-0.1, -0.05) is 79.3 Å². The average molecular weight is 364 g/mol. The van der Waals surface area contributed by atoms with Gasteiger partial charge < -0.3 is 5.32 Å². The van der Waals surface area contributed by atoms with E-state index in [4.69, 9.17) is 4.98 Å². The van der Waals surface area contributed by atoms with Gasteiger partial charge in [0.25, 0.3) is 0 Å².